The van der Waals surface area contributed by atoms with Crippen molar-refractivity contribution in [1.29, 1.82) is 0 Å². The lowest BCUT2D eigenvalue weighted by atomic mass is 9.47. The van der Waals surface area contributed by atoms with Crippen LogP contribution in [0.25, 0.3) is 0 Å². The highest BCUT2D eigenvalue weighted by atomic mass is 16.3. The molecule has 0 radical (unpaired) electrons. The second kappa shape index (κ2) is 8.57. The van der Waals surface area contributed by atoms with Crippen LogP contribution in [0.3, 0.4) is 0 Å². The Labute approximate surface area is 187 Å². The molecule has 0 saturated heterocycles. The van der Waals surface area contributed by atoms with Crippen LogP contribution in [0, 0.1) is 52.3 Å². The Balaban J connectivity index is 1.47. The van der Waals surface area contributed by atoms with Gasteiger partial charge in [0.25, 0.3) is 0 Å². The third kappa shape index (κ3) is 3.74. The molecule has 1 heteroatoms. The third-order valence-corrected chi connectivity index (χ3v) is 11.3. The van der Waals surface area contributed by atoms with Gasteiger partial charge in [-0.3, -0.25) is 0 Å². The molecule has 0 spiro atoms. The number of rotatable bonds is 6. The van der Waals surface area contributed by atoms with Crippen molar-refractivity contribution in [3.8, 4) is 0 Å². The summed E-state index contributed by atoms with van der Waals surface area (Å²) in [6.45, 7) is 15.1. The molecule has 0 aromatic carbocycles. The number of allylic oxidation sites excluding steroid dienone is 1. The van der Waals surface area contributed by atoms with Crippen molar-refractivity contribution in [2.24, 2.45) is 52.3 Å². The molecule has 4 rings (SSSR count). The standard InChI is InChI=1S/C29H50O/c1-7-21(19(2)3)9-8-20(4)25-12-13-26-24-11-10-22-18-23(30)14-16-28(22,5)27(24)15-17-29(25,26)6/h10,19-21,23-27,30H,7-9,11-18H2,1-6H3/t20-,21+,23-,24+,25-,26-,27+,28+,29-/m1/s1. The Morgan fingerprint density at radius 1 is 1.00 bits per heavy atom. The van der Waals surface area contributed by atoms with E-state index in [0.29, 0.717) is 10.8 Å². The normalized spacial score (nSPS) is 45.3. The molecule has 1 N–H and O–H groups in total. The molecule has 9 atom stereocenters. The van der Waals surface area contributed by atoms with Gasteiger partial charge in [0.05, 0.1) is 6.10 Å². The Morgan fingerprint density at radius 3 is 2.47 bits per heavy atom. The minimum atomic E-state index is -0.0794. The summed E-state index contributed by atoms with van der Waals surface area (Å²) in [5.41, 5.74) is 2.59. The van der Waals surface area contributed by atoms with E-state index in [4.69, 9.17) is 0 Å². The summed E-state index contributed by atoms with van der Waals surface area (Å²) in [4.78, 5) is 0. The molecule has 3 fully saturated rings. The summed E-state index contributed by atoms with van der Waals surface area (Å²) in [6, 6.07) is 0. The van der Waals surface area contributed by atoms with E-state index in [0.717, 1.165) is 54.3 Å². The molecule has 0 aromatic rings. The average Bonchev–Trinajstić information content (AvgIpc) is 3.06. The number of aliphatic hydroxyl groups excluding tert-OH is 1. The van der Waals surface area contributed by atoms with E-state index in [2.05, 4.69) is 47.6 Å². The third-order valence-electron chi connectivity index (χ3n) is 11.3. The number of hydrogen-bond acceptors (Lipinski definition) is 1. The number of aliphatic hydroxyl groups is 1. The Morgan fingerprint density at radius 2 is 1.77 bits per heavy atom. The van der Waals surface area contributed by atoms with Crippen molar-refractivity contribution in [3.63, 3.8) is 0 Å². The number of hydrogen-bond donors (Lipinski definition) is 1. The molecule has 4 aliphatic rings. The average molecular weight is 415 g/mol. The van der Waals surface area contributed by atoms with E-state index in [9.17, 15) is 5.11 Å². The topological polar surface area (TPSA) is 20.2 Å². The van der Waals surface area contributed by atoms with Crippen LogP contribution in [0.4, 0.5) is 0 Å². The van der Waals surface area contributed by atoms with Crippen LogP contribution < -0.4 is 0 Å². The van der Waals surface area contributed by atoms with Gasteiger partial charge in [0.1, 0.15) is 0 Å². The molecule has 1 nitrogen and oxygen atoms in total. The first kappa shape index (κ1) is 22.9. The highest BCUT2D eigenvalue weighted by Crippen LogP contribution is 2.67. The first-order chi connectivity index (χ1) is 14.2. The van der Waals surface area contributed by atoms with E-state index in [1.54, 1.807) is 5.57 Å². The lowest BCUT2D eigenvalue weighted by Crippen LogP contribution is -2.50. The van der Waals surface area contributed by atoms with Crippen LogP contribution >= 0.6 is 0 Å². The van der Waals surface area contributed by atoms with Gasteiger partial charge in [-0.2, -0.15) is 0 Å². The van der Waals surface area contributed by atoms with Gasteiger partial charge in [0.15, 0.2) is 0 Å². The van der Waals surface area contributed by atoms with Gasteiger partial charge in [-0.1, -0.05) is 66.0 Å². The van der Waals surface area contributed by atoms with Crippen molar-refractivity contribution < 1.29 is 5.11 Å². The molecule has 0 heterocycles. The predicted octanol–water partition coefficient (Wildman–Crippen LogP) is 8.02. The van der Waals surface area contributed by atoms with Gasteiger partial charge < -0.3 is 5.11 Å². The van der Waals surface area contributed by atoms with Crippen LogP contribution in [-0.4, -0.2) is 11.2 Å². The predicted molar refractivity (Wildman–Crippen MR) is 128 cm³/mol. The van der Waals surface area contributed by atoms with Gasteiger partial charge in [-0.15, -0.1) is 0 Å². The highest BCUT2D eigenvalue weighted by molar-refractivity contribution is 5.25. The quantitative estimate of drug-likeness (QED) is 0.436. The lowest BCUT2D eigenvalue weighted by Gasteiger charge is -2.58. The van der Waals surface area contributed by atoms with Gasteiger partial charge in [0, 0.05) is 0 Å². The molecule has 3 saturated carbocycles. The first-order valence-electron chi connectivity index (χ1n) is 13.6. The first-order valence-corrected chi connectivity index (χ1v) is 13.6. The Bertz CT molecular complexity index is 634. The summed E-state index contributed by atoms with van der Waals surface area (Å²) >= 11 is 0. The van der Waals surface area contributed by atoms with Crippen LogP contribution in [0.5, 0.6) is 0 Å². The van der Waals surface area contributed by atoms with Crippen LogP contribution in [0.2, 0.25) is 0 Å². The van der Waals surface area contributed by atoms with Crippen molar-refractivity contribution in [3.05, 3.63) is 11.6 Å². The largest absolute Gasteiger partial charge is 0.393 e. The van der Waals surface area contributed by atoms with Gasteiger partial charge in [-0.05, 0) is 110 Å². The summed E-state index contributed by atoms with van der Waals surface area (Å²) in [6.07, 6.45) is 17.1. The maximum atomic E-state index is 10.2. The second-order valence-electron chi connectivity index (χ2n) is 12.9. The molecule has 30 heavy (non-hydrogen) atoms. The maximum absolute atomic E-state index is 10.2. The van der Waals surface area contributed by atoms with Gasteiger partial charge >= 0.3 is 0 Å². The van der Waals surface area contributed by atoms with E-state index < -0.39 is 0 Å². The summed E-state index contributed by atoms with van der Waals surface area (Å²) < 4.78 is 0. The van der Waals surface area contributed by atoms with Crippen molar-refractivity contribution >= 4 is 0 Å². The molecule has 0 aliphatic heterocycles. The zero-order valence-electron chi connectivity index (χ0n) is 20.9. The molecular formula is C29H50O. The summed E-state index contributed by atoms with van der Waals surface area (Å²) in [5, 5.41) is 10.2. The van der Waals surface area contributed by atoms with Crippen LogP contribution in [-0.2, 0) is 0 Å². The lowest BCUT2D eigenvalue weighted by molar-refractivity contribution is -0.0575. The fourth-order valence-electron chi connectivity index (χ4n) is 9.30. The Kier molecular flexibility index (Phi) is 6.53. The van der Waals surface area contributed by atoms with Gasteiger partial charge in [0.2, 0.25) is 0 Å². The minimum Gasteiger partial charge on any atom is -0.393 e. The van der Waals surface area contributed by atoms with Crippen molar-refractivity contribution in [1.82, 2.24) is 0 Å². The zero-order chi connectivity index (χ0) is 21.7. The number of fused-ring (bicyclic) bond motifs is 5. The van der Waals surface area contributed by atoms with E-state index in [1.165, 1.54) is 57.8 Å². The highest BCUT2D eigenvalue weighted by Gasteiger charge is 2.59. The molecule has 0 aromatic heterocycles. The van der Waals surface area contributed by atoms with Crippen LogP contribution in [0.15, 0.2) is 11.6 Å². The smallest absolute Gasteiger partial charge is 0.0577 e. The molecular weight excluding hydrogens is 364 g/mol. The molecule has 0 bridgehead atoms. The van der Waals surface area contributed by atoms with E-state index in [-0.39, 0.29) is 6.10 Å². The second-order valence-corrected chi connectivity index (χ2v) is 12.9. The fraction of sp³-hybridized carbons (Fsp3) is 0.931. The molecule has 4 aliphatic carbocycles. The molecule has 172 valence electrons. The maximum Gasteiger partial charge on any atom is 0.0577 e. The van der Waals surface area contributed by atoms with Crippen molar-refractivity contribution in [2.75, 3.05) is 0 Å². The van der Waals surface area contributed by atoms with Gasteiger partial charge in [-0.25, -0.2) is 0 Å². The summed E-state index contributed by atoms with van der Waals surface area (Å²) in [5.74, 6) is 6.31. The van der Waals surface area contributed by atoms with E-state index in [1.807, 2.05) is 0 Å². The Hall–Kier alpha value is -0.300. The zero-order valence-corrected chi connectivity index (χ0v) is 20.9. The monoisotopic (exact) mass is 414 g/mol. The SMILES string of the molecule is CC[C@@H](CC[C@@H](C)[C@H]1CC[C@@H]2[C@@H]3CC=C4C[C@H](O)CC[C@]4(C)[C@H]3CC[C@@]21C)C(C)C. The fourth-order valence-corrected chi connectivity index (χ4v) is 9.30. The minimum absolute atomic E-state index is 0.0794. The summed E-state index contributed by atoms with van der Waals surface area (Å²) in [7, 11) is 0. The van der Waals surface area contributed by atoms with Crippen molar-refractivity contribution in [2.45, 2.75) is 118 Å². The molecule has 0 unspecified atom stereocenters. The van der Waals surface area contributed by atoms with E-state index >= 15 is 0 Å². The molecule has 0 amide bonds. The van der Waals surface area contributed by atoms with Crippen LogP contribution in [0.1, 0.15) is 112 Å².